The predicted octanol–water partition coefficient (Wildman–Crippen LogP) is 2.63. The summed E-state index contributed by atoms with van der Waals surface area (Å²) in [7, 11) is 0. The van der Waals surface area contributed by atoms with E-state index in [0.717, 1.165) is 28.7 Å². The van der Waals surface area contributed by atoms with E-state index in [1.807, 2.05) is 30.3 Å². The second-order valence-electron chi connectivity index (χ2n) is 5.63. The van der Waals surface area contributed by atoms with Gasteiger partial charge in [0.2, 0.25) is 11.8 Å². The molecule has 1 heterocycles. The van der Waals surface area contributed by atoms with E-state index < -0.39 is 29.4 Å². The highest BCUT2D eigenvalue weighted by atomic mass is 19.1. The molecule has 4 nitrogen and oxygen atoms in total. The highest BCUT2D eigenvalue weighted by Gasteiger charge is 2.38. The number of nitrogens with one attached hydrogen (secondary N) is 1. The van der Waals surface area contributed by atoms with Crippen LogP contribution >= 0.6 is 0 Å². The van der Waals surface area contributed by atoms with Gasteiger partial charge in [-0.1, -0.05) is 30.3 Å². The highest BCUT2D eigenvalue weighted by molar-refractivity contribution is 6.09. The molecule has 1 saturated heterocycles. The number of hydrogen-bond donors (Lipinski definition) is 1. The Kier molecular flexibility index (Phi) is 4.55. The van der Waals surface area contributed by atoms with Gasteiger partial charge < -0.3 is 10.2 Å². The van der Waals surface area contributed by atoms with Crippen molar-refractivity contribution in [1.29, 1.82) is 0 Å². The molecule has 2 amide bonds. The summed E-state index contributed by atoms with van der Waals surface area (Å²) in [4.78, 5) is 25.8. The van der Waals surface area contributed by atoms with E-state index >= 15 is 0 Å². The molecule has 0 aromatic heterocycles. The molecule has 2 aromatic rings. The Labute approximate surface area is 138 Å². The molecule has 1 fully saturated rings. The van der Waals surface area contributed by atoms with Crippen LogP contribution in [0.3, 0.4) is 0 Å². The number of halogens is 2. The number of nitrogens with zero attached hydrogens (tertiary/aromatic N) is 1. The summed E-state index contributed by atoms with van der Waals surface area (Å²) in [6.07, 6.45) is 0.273. The topological polar surface area (TPSA) is 49.4 Å². The number of anilines is 1. The molecule has 1 atom stereocenters. The molecule has 1 aliphatic heterocycles. The van der Waals surface area contributed by atoms with Crippen molar-refractivity contribution in [2.45, 2.75) is 13.0 Å². The fourth-order valence-corrected chi connectivity index (χ4v) is 2.76. The average molecular weight is 330 g/mol. The Balaban J connectivity index is 1.67. The molecule has 0 spiro atoms. The van der Waals surface area contributed by atoms with E-state index in [-0.39, 0.29) is 18.7 Å². The molecular formula is C18H16F2N2O2. The summed E-state index contributed by atoms with van der Waals surface area (Å²) in [5, 5.41) is 2.72. The van der Waals surface area contributed by atoms with E-state index in [2.05, 4.69) is 5.32 Å². The van der Waals surface area contributed by atoms with Crippen molar-refractivity contribution >= 4 is 17.5 Å². The van der Waals surface area contributed by atoms with Crippen LogP contribution in [-0.4, -0.2) is 18.4 Å². The van der Waals surface area contributed by atoms with Crippen molar-refractivity contribution < 1.29 is 18.4 Å². The molecule has 3 rings (SSSR count). The van der Waals surface area contributed by atoms with Crippen molar-refractivity contribution in [2.24, 2.45) is 5.92 Å². The van der Waals surface area contributed by atoms with E-state index in [0.29, 0.717) is 6.54 Å². The van der Waals surface area contributed by atoms with Gasteiger partial charge >= 0.3 is 0 Å². The van der Waals surface area contributed by atoms with Crippen LogP contribution in [0.4, 0.5) is 14.5 Å². The SMILES string of the molecule is O=C(NCc1ccccc1)C1CCN(c2cc(F)ccc2F)C1=O. The van der Waals surface area contributed by atoms with Gasteiger partial charge in [0.15, 0.2) is 0 Å². The molecule has 0 radical (unpaired) electrons. The lowest BCUT2D eigenvalue weighted by atomic mass is 10.1. The number of benzene rings is 2. The fourth-order valence-electron chi connectivity index (χ4n) is 2.76. The third-order valence-electron chi connectivity index (χ3n) is 4.03. The second kappa shape index (κ2) is 6.78. The molecule has 24 heavy (non-hydrogen) atoms. The number of carbonyl (C=O) groups excluding carboxylic acids is 2. The Bertz CT molecular complexity index is 765. The monoisotopic (exact) mass is 330 g/mol. The zero-order valence-corrected chi connectivity index (χ0v) is 12.8. The van der Waals surface area contributed by atoms with Crippen molar-refractivity contribution in [1.82, 2.24) is 5.32 Å². The van der Waals surface area contributed by atoms with Crippen LogP contribution in [0.15, 0.2) is 48.5 Å². The summed E-state index contributed by atoms with van der Waals surface area (Å²) in [5.41, 5.74) is 0.794. The highest BCUT2D eigenvalue weighted by Crippen LogP contribution is 2.28. The quantitative estimate of drug-likeness (QED) is 0.876. The number of amides is 2. The van der Waals surface area contributed by atoms with Crippen molar-refractivity contribution in [3.63, 3.8) is 0 Å². The summed E-state index contributed by atoms with van der Waals surface area (Å²) in [6.45, 7) is 0.500. The summed E-state index contributed by atoms with van der Waals surface area (Å²) >= 11 is 0. The molecule has 1 unspecified atom stereocenters. The largest absolute Gasteiger partial charge is 0.351 e. The van der Waals surface area contributed by atoms with Crippen molar-refractivity contribution in [3.05, 3.63) is 65.7 Å². The van der Waals surface area contributed by atoms with E-state index in [1.54, 1.807) is 0 Å². The van der Waals surface area contributed by atoms with Gasteiger partial charge in [0.1, 0.15) is 17.6 Å². The molecule has 0 aliphatic carbocycles. The Hall–Kier alpha value is -2.76. The van der Waals surface area contributed by atoms with Crippen LogP contribution in [0.5, 0.6) is 0 Å². The van der Waals surface area contributed by atoms with Gasteiger partial charge in [-0.25, -0.2) is 8.78 Å². The van der Waals surface area contributed by atoms with Gasteiger partial charge in [-0.15, -0.1) is 0 Å². The van der Waals surface area contributed by atoms with Gasteiger partial charge in [0.05, 0.1) is 5.69 Å². The Morgan fingerprint density at radius 2 is 1.92 bits per heavy atom. The van der Waals surface area contributed by atoms with Crippen molar-refractivity contribution in [2.75, 3.05) is 11.4 Å². The average Bonchev–Trinajstić information content (AvgIpc) is 2.97. The lowest BCUT2D eigenvalue weighted by Gasteiger charge is -2.17. The first-order valence-corrected chi connectivity index (χ1v) is 7.64. The van der Waals surface area contributed by atoms with Crippen LogP contribution in [-0.2, 0) is 16.1 Å². The van der Waals surface area contributed by atoms with Crippen LogP contribution in [0.1, 0.15) is 12.0 Å². The van der Waals surface area contributed by atoms with E-state index in [4.69, 9.17) is 0 Å². The minimum atomic E-state index is -0.878. The van der Waals surface area contributed by atoms with Crippen LogP contribution in [0.2, 0.25) is 0 Å². The van der Waals surface area contributed by atoms with Gasteiger partial charge in [0.25, 0.3) is 0 Å². The zero-order chi connectivity index (χ0) is 17.1. The first kappa shape index (κ1) is 16.1. The second-order valence-corrected chi connectivity index (χ2v) is 5.63. The van der Waals surface area contributed by atoms with E-state index in [9.17, 15) is 18.4 Å². The van der Waals surface area contributed by atoms with Crippen molar-refractivity contribution in [3.8, 4) is 0 Å². The molecule has 2 aromatic carbocycles. The maximum Gasteiger partial charge on any atom is 0.239 e. The predicted molar refractivity (Wildman–Crippen MR) is 85.1 cm³/mol. The van der Waals surface area contributed by atoms with Gasteiger partial charge in [-0.2, -0.15) is 0 Å². The third-order valence-corrected chi connectivity index (χ3v) is 4.03. The third kappa shape index (κ3) is 3.27. The summed E-state index contributed by atoms with van der Waals surface area (Å²) in [5.74, 6) is -3.10. The molecule has 124 valence electrons. The first-order valence-electron chi connectivity index (χ1n) is 7.64. The van der Waals surface area contributed by atoms with Crippen LogP contribution in [0, 0.1) is 17.6 Å². The lowest BCUT2D eigenvalue weighted by molar-refractivity contribution is -0.132. The lowest BCUT2D eigenvalue weighted by Crippen LogP contribution is -2.36. The van der Waals surface area contributed by atoms with E-state index in [1.165, 1.54) is 0 Å². The normalized spacial score (nSPS) is 17.2. The number of carbonyl (C=O) groups is 2. The molecule has 1 N–H and O–H groups in total. The van der Waals surface area contributed by atoms with Crippen LogP contribution in [0.25, 0.3) is 0 Å². The Morgan fingerprint density at radius 3 is 2.67 bits per heavy atom. The summed E-state index contributed by atoms with van der Waals surface area (Å²) < 4.78 is 27.1. The first-order chi connectivity index (χ1) is 11.6. The Morgan fingerprint density at radius 1 is 1.17 bits per heavy atom. The zero-order valence-electron chi connectivity index (χ0n) is 12.8. The molecule has 1 aliphatic rings. The molecule has 0 bridgehead atoms. The fraction of sp³-hybridized carbons (Fsp3) is 0.222. The molecular weight excluding hydrogens is 314 g/mol. The van der Waals surface area contributed by atoms with Gasteiger partial charge in [-0.05, 0) is 24.1 Å². The summed E-state index contributed by atoms with van der Waals surface area (Å²) in [6, 6.07) is 12.3. The van der Waals surface area contributed by atoms with Gasteiger partial charge in [0, 0.05) is 19.2 Å². The molecule has 6 heteroatoms. The standard InChI is InChI=1S/C18H16F2N2O2/c19-13-6-7-15(20)16(10-13)22-9-8-14(18(22)24)17(23)21-11-12-4-2-1-3-5-12/h1-7,10,14H,8-9,11H2,(H,21,23). The molecule has 0 saturated carbocycles. The maximum atomic E-state index is 13.8. The number of rotatable bonds is 4. The minimum absolute atomic E-state index is 0.127. The van der Waals surface area contributed by atoms with Crippen LogP contribution < -0.4 is 10.2 Å². The van der Waals surface area contributed by atoms with Gasteiger partial charge in [-0.3, -0.25) is 9.59 Å². The maximum absolute atomic E-state index is 13.8. The smallest absolute Gasteiger partial charge is 0.239 e. The minimum Gasteiger partial charge on any atom is -0.351 e. The number of hydrogen-bond acceptors (Lipinski definition) is 2.